The molecule has 1 aliphatic heterocycles. The van der Waals surface area contributed by atoms with Gasteiger partial charge in [0.2, 0.25) is 0 Å². The molecule has 4 heteroatoms. The molecule has 1 aliphatic rings. The van der Waals surface area contributed by atoms with Gasteiger partial charge >= 0.3 is 0 Å². The van der Waals surface area contributed by atoms with Gasteiger partial charge in [0.15, 0.2) is 0 Å². The van der Waals surface area contributed by atoms with Crippen molar-refractivity contribution >= 4 is 11.6 Å². The molecule has 2 rings (SSSR count). The Labute approximate surface area is 120 Å². The summed E-state index contributed by atoms with van der Waals surface area (Å²) < 4.78 is 0. The number of benzene rings is 1. The van der Waals surface area contributed by atoms with Crippen molar-refractivity contribution < 1.29 is 5.11 Å². The summed E-state index contributed by atoms with van der Waals surface area (Å²) in [5.74, 6) is 1.06. The highest BCUT2D eigenvalue weighted by Gasteiger charge is 2.26. The second-order valence-electron chi connectivity index (χ2n) is 5.30. The van der Waals surface area contributed by atoms with Crippen molar-refractivity contribution in [2.45, 2.75) is 18.8 Å². The minimum Gasteiger partial charge on any atom is -0.395 e. The van der Waals surface area contributed by atoms with Gasteiger partial charge in [0.05, 0.1) is 6.61 Å². The molecule has 1 atom stereocenters. The third-order valence-corrected chi connectivity index (χ3v) is 4.42. The number of halogens is 1. The zero-order valence-corrected chi connectivity index (χ0v) is 12.0. The number of piperidine rings is 1. The molecular formula is C15H23ClN2O. The van der Waals surface area contributed by atoms with Crippen LogP contribution in [0.5, 0.6) is 0 Å². The molecule has 3 N–H and O–H groups in total. The van der Waals surface area contributed by atoms with Crippen LogP contribution in [0, 0.1) is 5.92 Å². The van der Waals surface area contributed by atoms with E-state index in [-0.39, 0.29) is 6.61 Å². The molecule has 3 nitrogen and oxygen atoms in total. The van der Waals surface area contributed by atoms with Gasteiger partial charge in [-0.3, -0.25) is 0 Å². The van der Waals surface area contributed by atoms with Crippen molar-refractivity contribution in [3.05, 3.63) is 34.9 Å². The predicted octanol–water partition coefficient (Wildman–Crippen LogP) is 2.09. The van der Waals surface area contributed by atoms with Crippen molar-refractivity contribution in [2.75, 3.05) is 32.8 Å². The van der Waals surface area contributed by atoms with E-state index in [1.165, 1.54) is 5.56 Å². The Balaban J connectivity index is 1.97. The first-order valence-electron chi connectivity index (χ1n) is 7.03. The summed E-state index contributed by atoms with van der Waals surface area (Å²) in [5.41, 5.74) is 7.28. The molecule has 0 amide bonds. The zero-order chi connectivity index (χ0) is 13.7. The SMILES string of the molecule is NCC(c1ccc(Cl)cc1)C1CCN(CCO)CC1. The van der Waals surface area contributed by atoms with E-state index in [9.17, 15) is 0 Å². The number of aliphatic hydroxyl groups is 1. The molecule has 1 aromatic carbocycles. The van der Waals surface area contributed by atoms with E-state index in [1.54, 1.807) is 0 Å². The summed E-state index contributed by atoms with van der Waals surface area (Å²) in [6.07, 6.45) is 2.31. The lowest BCUT2D eigenvalue weighted by Gasteiger charge is -2.35. The maximum absolute atomic E-state index is 8.97. The summed E-state index contributed by atoms with van der Waals surface area (Å²) in [6.45, 7) is 3.86. The van der Waals surface area contributed by atoms with Crippen LogP contribution in [0.25, 0.3) is 0 Å². The normalized spacial score (nSPS) is 19.5. The van der Waals surface area contributed by atoms with Crippen LogP contribution in [0.4, 0.5) is 0 Å². The number of β-amino-alcohol motifs (C(OH)–C–C–N with tert-alkyl or cyclic N) is 1. The Bertz CT molecular complexity index is 374. The predicted molar refractivity (Wildman–Crippen MR) is 79.5 cm³/mol. The lowest BCUT2D eigenvalue weighted by atomic mass is 9.80. The van der Waals surface area contributed by atoms with Gasteiger partial charge in [0, 0.05) is 11.6 Å². The molecule has 1 aromatic rings. The van der Waals surface area contributed by atoms with Crippen molar-refractivity contribution in [3.63, 3.8) is 0 Å². The quantitative estimate of drug-likeness (QED) is 0.869. The van der Waals surface area contributed by atoms with E-state index in [0.717, 1.165) is 37.5 Å². The molecule has 0 bridgehead atoms. The standard InChI is InChI=1S/C15H23ClN2O/c16-14-3-1-12(2-4-14)15(11-17)13-5-7-18(8-6-13)9-10-19/h1-4,13,15,19H,5-11,17H2. The highest BCUT2D eigenvalue weighted by Crippen LogP contribution is 2.32. The summed E-state index contributed by atoms with van der Waals surface area (Å²) in [6, 6.07) is 8.08. The summed E-state index contributed by atoms with van der Waals surface area (Å²) >= 11 is 5.94. The van der Waals surface area contributed by atoms with Crippen molar-refractivity contribution in [1.29, 1.82) is 0 Å². The average molecular weight is 283 g/mol. The molecule has 0 spiro atoms. The number of likely N-dealkylation sites (tertiary alicyclic amines) is 1. The highest BCUT2D eigenvalue weighted by atomic mass is 35.5. The third kappa shape index (κ3) is 3.93. The number of nitrogens with two attached hydrogens (primary N) is 1. The maximum Gasteiger partial charge on any atom is 0.0558 e. The van der Waals surface area contributed by atoms with Crippen LogP contribution in [0.3, 0.4) is 0 Å². The van der Waals surface area contributed by atoms with Crippen molar-refractivity contribution in [2.24, 2.45) is 11.7 Å². The van der Waals surface area contributed by atoms with Gasteiger partial charge in [0.1, 0.15) is 0 Å². The van der Waals surface area contributed by atoms with E-state index in [0.29, 0.717) is 18.4 Å². The van der Waals surface area contributed by atoms with Gasteiger partial charge in [-0.15, -0.1) is 0 Å². The van der Waals surface area contributed by atoms with Crippen LogP contribution in [-0.2, 0) is 0 Å². The fourth-order valence-corrected chi connectivity index (χ4v) is 3.16. The number of aliphatic hydroxyl groups excluding tert-OH is 1. The highest BCUT2D eigenvalue weighted by molar-refractivity contribution is 6.30. The molecule has 0 aliphatic carbocycles. The van der Waals surface area contributed by atoms with E-state index < -0.39 is 0 Å². The van der Waals surface area contributed by atoms with Crippen molar-refractivity contribution in [3.8, 4) is 0 Å². The van der Waals surface area contributed by atoms with E-state index >= 15 is 0 Å². The molecule has 0 radical (unpaired) electrons. The second kappa shape index (κ2) is 7.25. The van der Waals surface area contributed by atoms with E-state index in [2.05, 4.69) is 17.0 Å². The lowest BCUT2D eigenvalue weighted by Crippen LogP contribution is -2.38. The molecule has 0 aromatic heterocycles. The fraction of sp³-hybridized carbons (Fsp3) is 0.600. The van der Waals surface area contributed by atoms with Crippen LogP contribution in [0.1, 0.15) is 24.3 Å². The molecule has 1 fully saturated rings. The average Bonchev–Trinajstić information content (AvgIpc) is 2.44. The van der Waals surface area contributed by atoms with Gasteiger partial charge in [-0.2, -0.15) is 0 Å². The maximum atomic E-state index is 8.97. The molecule has 1 saturated heterocycles. The smallest absolute Gasteiger partial charge is 0.0558 e. The van der Waals surface area contributed by atoms with Crippen LogP contribution in [0.2, 0.25) is 5.02 Å². The summed E-state index contributed by atoms with van der Waals surface area (Å²) in [4.78, 5) is 2.33. The Morgan fingerprint density at radius 3 is 2.42 bits per heavy atom. The van der Waals surface area contributed by atoms with Gasteiger partial charge < -0.3 is 15.7 Å². The van der Waals surface area contributed by atoms with Crippen LogP contribution in [-0.4, -0.2) is 42.8 Å². The minimum absolute atomic E-state index is 0.252. The van der Waals surface area contributed by atoms with Gasteiger partial charge in [-0.25, -0.2) is 0 Å². The van der Waals surface area contributed by atoms with Gasteiger partial charge in [-0.1, -0.05) is 23.7 Å². The third-order valence-electron chi connectivity index (χ3n) is 4.17. The number of rotatable bonds is 5. The van der Waals surface area contributed by atoms with Crippen LogP contribution < -0.4 is 5.73 Å². The Kier molecular flexibility index (Phi) is 5.64. The minimum atomic E-state index is 0.252. The monoisotopic (exact) mass is 282 g/mol. The number of hydrogen-bond donors (Lipinski definition) is 2. The van der Waals surface area contributed by atoms with Crippen molar-refractivity contribution in [1.82, 2.24) is 4.90 Å². The second-order valence-corrected chi connectivity index (χ2v) is 5.73. The van der Waals surface area contributed by atoms with Crippen LogP contribution >= 0.6 is 11.6 Å². The largest absolute Gasteiger partial charge is 0.395 e. The first-order chi connectivity index (χ1) is 9.24. The Morgan fingerprint density at radius 2 is 1.89 bits per heavy atom. The molecule has 1 unspecified atom stereocenters. The topological polar surface area (TPSA) is 49.5 Å². The Morgan fingerprint density at radius 1 is 1.26 bits per heavy atom. The van der Waals surface area contributed by atoms with Gasteiger partial charge in [0.25, 0.3) is 0 Å². The molecular weight excluding hydrogens is 260 g/mol. The molecule has 19 heavy (non-hydrogen) atoms. The Hall–Kier alpha value is -0.610. The summed E-state index contributed by atoms with van der Waals surface area (Å²) in [7, 11) is 0. The molecule has 106 valence electrons. The first kappa shape index (κ1) is 14.8. The van der Waals surface area contributed by atoms with E-state index in [4.69, 9.17) is 22.4 Å². The molecule has 0 saturated carbocycles. The summed E-state index contributed by atoms with van der Waals surface area (Å²) in [5, 5.41) is 9.74. The number of hydrogen-bond acceptors (Lipinski definition) is 3. The number of nitrogens with zero attached hydrogens (tertiary/aromatic N) is 1. The van der Waals surface area contributed by atoms with Gasteiger partial charge in [-0.05, 0) is 62.0 Å². The lowest BCUT2D eigenvalue weighted by molar-refractivity contribution is 0.138. The van der Waals surface area contributed by atoms with Crippen LogP contribution in [0.15, 0.2) is 24.3 Å². The van der Waals surface area contributed by atoms with E-state index in [1.807, 2.05) is 12.1 Å². The first-order valence-corrected chi connectivity index (χ1v) is 7.41. The zero-order valence-electron chi connectivity index (χ0n) is 11.3. The molecule has 1 heterocycles. The fourth-order valence-electron chi connectivity index (χ4n) is 3.03.